The Labute approximate surface area is 72.6 Å². The Kier molecular flexibility index (Phi) is 3.64. The number of hydrogen-bond acceptors (Lipinski definition) is 0. The molecule has 0 unspecified atom stereocenters. The molecule has 0 N–H and O–H groups in total. The second-order valence-electron chi connectivity index (χ2n) is 4.62. The van der Waals surface area contributed by atoms with Gasteiger partial charge in [-0.2, -0.15) is 0 Å². The average molecular weight is 213 g/mol. The maximum atomic E-state index is 6.42. The predicted molar refractivity (Wildman–Crippen MR) is 59.5 cm³/mol. The van der Waals surface area contributed by atoms with E-state index in [1.54, 1.807) is 0 Å². The Morgan fingerprint density at radius 1 is 0.800 bits per heavy atom. The highest BCUT2D eigenvalue weighted by molar-refractivity contribution is 8.32. The van der Waals surface area contributed by atoms with Crippen molar-refractivity contribution in [3.8, 4) is 0 Å². The van der Waals surface area contributed by atoms with Crippen LogP contribution in [0.5, 0.6) is 0 Å². The minimum Gasteiger partial charge on any atom is -0.106 e. The van der Waals surface area contributed by atoms with Crippen LogP contribution in [0.4, 0.5) is 0 Å². The first-order valence-electron chi connectivity index (χ1n) is 3.62. The lowest BCUT2D eigenvalue weighted by atomic mass is 11.8. The second kappa shape index (κ2) is 3.26. The SMILES string of the molecule is C[Si](C)(C)P(Cl)[Si](C)(C)C. The van der Waals surface area contributed by atoms with Gasteiger partial charge in [-0.15, -0.1) is 11.2 Å². The molecule has 0 aromatic rings. The molecule has 0 radical (unpaired) electrons. The number of halogens is 1. The zero-order valence-corrected chi connectivity index (χ0v) is 11.5. The normalized spacial score (nSPS) is 14.4. The second-order valence-corrected chi connectivity index (χ2v) is 28.7. The highest BCUT2D eigenvalue weighted by Crippen LogP contribution is 2.58. The Hall–Kier alpha value is 1.15. The van der Waals surface area contributed by atoms with Gasteiger partial charge in [0, 0.05) is 0 Å². The third-order valence-electron chi connectivity index (χ3n) is 1.18. The Morgan fingerprint density at radius 3 is 1.00 bits per heavy atom. The van der Waals surface area contributed by atoms with Gasteiger partial charge in [0.15, 0.2) is 0 Å². The molecule has 0 nitrogen and oxygen atoms in total. The fourth-order valence-corrected chi connectivity index (χ4v) is 27.2. The number of rotatable bonds is 2. The maximum absolute atomic E-state index is 6.42. The average Bonchev–Trinajstić information content (AvgIpc) is 1.59. The van der Waals surface area contributed by atoms with Crippen LogP contribution in [-0.2, 0) is 0 Å². The highest BCUT2D eigenvalue weighted by atomic mass is 35.7. The van der Waals surface area contributed by atoms with Gasteiger partial charge in [-0.3, -0.25) is 0 Å². The molecule has 0 aliphatic rings. The lowest BCUT2D eigenvalue weighted by Crippen LogP contribution is -2.29. The highest BCUT2D eigenvalue weighted by Gasteiger charge is 2.35. The summed E-state index contributed by atoms with van der Waals surface area (Å²) >= 11 is 6.42. The van der Waals surface area contributed by atoms with Gasteiger partial charge in [0.25, 0.3) is 0 Å². The van der Waals surface area contributed by atoms with Crippen molar-refractivity contribution in [1.29, 1.82) is 0 Å². The van der Waals surface area contributed by atoms with Crippen LogP contribution >= 0.6 is 17.6 Å². The summed E-state index contributed by atoms with van der Waals surface area (Å²) in [5.74, 6) is 0. The summed E-state index contributed by atoms with van der Waals surface area (Å²) in [7, 11) is -2.01. The molecule has 0 saturated carbocycles. The van der Waals surface area contributed by atoms with E-state index < -0.39 is 15.5 Å². The van der Waals surface area contributed by atoms with Gasteiger partial charge in [-0.05, 0) is 6.37 Å². The molecule has 0 spiro atoms. The molecule has 0 amide bonds. The topological polar surface area (TPSA) is 0 Å². The molecular formula is C6H18ClPSi2. The van der Waals surface area contributed by atoms with Crippen molar-refractivity contribution in [2.75, 3.05) is 0 Å². The van der Waals surface area contributed by atoms with Gasteiger partial charge in [-0.25, -0.2) is 0 Å². The lowest BCUT2D eigenvalue weighted by Gasteiger charge is -2.33. The van der Waals surface area contributed by atoms with E-state index in [0.29, 0.717) is 0 Å². The Balaban J connectivity index is 4.23. The summed E-state index contributed by atoms with van der Waals surface area (Å²) in [6.07, 6.45) is -0.113. The van der Waals surface area contributed by atoms with Gasteiger partial charge in [0.05, 0.1) is 15.5 Å². The Bertz CT molecular complexity index is 99.9. The molecular weight excluding hydrogens is 195 g/mol. The van der Waals surface area contributed by atoms with Crippen molar-refractivity contribution in [2.24, 2.45) is 0 Å². The van der Waals surface area contributed by atoms with Crippen molar-refractivity contribution in [3.05, 3.63) is 0 Å². The molecule has 0 aliphatic heterocycles. The number of hydrogen-bond donors (Lipinski definition) is 0. The van der Waals surface area contributed by atoms with Crippen molar-refractivity contribution >= 4 is 33.1 Å². The molecule has 0 fully saturated rings. The maximum Gasteiger partial charge on any atom is 0.0858 e. The van der Waals surface area contributed by atoms with Crippen molar-refractivity contribution < 1.29 is 0 Å². The fraction of sp³-hybridized carbons (Fsp3) is 1.00. The van der Waals surface area contributed by atoms with Crippen LogP contribution in [0.25, 0.3) is 0 Å². The van der Waals surface area contributed by atoms with Crippen LogP contribution in [0.3, 0.4) is 0 Å². The summed E-state index contributed by atoms with van der Waals surface area (Å²) in [4.78, 5) is 0. The van der Waals surface area contributed by atoms with E-state index in [2.05, 4.69) is 39.3 Å². The van der Waals surface area contributed by atoms with E-state index >= 15 is 0 Å². The quantitative estimate of drug-likeness (QED) is 0.473. The first-order valence-corrected chi connectivity index (χ1v) is 14.5. The predicted octanol–water partition coefficient (Wildman–Crippen LogP) is 4.29. The zero-order chi connectivity index (χ0) is 8.58. The molecule has 62 valence electrons. The molecule has 0 bridgehead atoms. The van der Waals surface area contributed by atoms with Crippen molar-refractivity contribution in [2.45, 2.75) is 39.3 Å². The molecule has 0 saturated heterocycles. The van der Waals surface area contributed by atoms with Crippen LogP contribution in [-0.4, -0.2) is 15.5 Å². The Morgan fingerprint density at radius 2 is 1.00 bits per heavy atom. The molecule has 0 heterocycles. The van der Waals surface area contributed by atoms with E-state index in [0.717, 1.165) is 0 Å². The van der Waals surface area contributed by atoms with E-state index in [9.17, 15) is 0 Å². The van der Waals surface area contributed by atoms with Crippen molar-refractivity contribution in [1.82, 2.24) is 0 Å². The summed E-state index contributed by atoms with van der Waals surface area (Å²) in [6, 6.07) is 0. The summed E-state index contributed by atoms with van der Waals surface area (Å²) < 4.78 is 0. The third-order valence-corrected chi connectivity index (χ3v) is 31.8. The first kappa shape index (κ1) is 11.2. The minimum atomic E-state index is -1.00. The largest absolute Gasteiger partial charge is 0.106 e. The van der Waals surface area contributed by atoms with E-state index in [1.807, 2.05) is 0 Å². The molecule has 4 heteroatoms. The molecule has 0 aliphatic carbocycles. The van der Waals surface area contributed by atoms with Crippen LogP contribution in [0, 0.1) is 0 Å². The van der Waals surface area contributed by atoms with Crippen LogP contribution in [0.2, 0.25) is 39.3 Å². The van der Waals surface area contributed by atoms with Gasteiger partial charge < -0.3 is 0 Å². The van der Waals surface area contributed by atoms with Crippen LogP contribution in [0.1, 0.15) is 0 Å². The molecule has 10 heavy (non-hydrogen) atoms. The fourth-order valence-electron chi connectivity index (χ4n) is 1.01. The molecule has 0 aromatic carbocycles. The van der Waals surface area contributed by atoms with Gasteiger partial charge in [-0.1, -0.05) is 39.3 Å². The minimum absolute atomic E-state index is 0.113. The molecule has 0 atom stereocenters. The van der Waals surface area contributed by atoms with Gasteiger partial charge in [0.1, 0.15) is 0 Å². The van der Waals surface area contributed by atoms with E-state index in [1.165, 1.54) is 0 Å². The van der Waals surface area contributed by atoms with Gasteiger partial charge >= 0.3 is 0 Å². The van der Waals surface area contributed by atoms with Crippen molar-refractivity contribution in [3.63, 3.8) is 0 Å². The third kappa shape index (κ3) is 3.52. The van der Waals surface area contributed by atoms with Crippen LogP contribution in [0.15, 0.2) is 0 Å². The summed E-state index contributed by atoms with van der Waals surface area (Å²) in [5, 5.41) is 0. The zero-order valence-electron chi connectivity index (χ0n) is 7.83. The van der Waals surface area contributed by atoms with Crippen LogP contribution < -0.4 is 0 Å². The van der Waals surface area contributed by atoms with E-state index in [-0.39, 0.29) is 6.37 Å². The van der Waals surface area contributed by atoms with Gasteiger partial charge in [0.2, 0.25) is 0 Å². The summed E-state index contributed by atoms with van der Waals surface area (Å²) in [5.41, 5.74) is 0. The molecule has 0 aromatic heterocycles. The molecule has 0 rings (SSSR count). The first-order chi connectivity index (χ1) is 4.15. The lowest BCUT2D eigenvalue weighted by molar-refractivity contribution is 1.84. The standard InChI is InChI=1S/C6H18ClPSi2/c1-9(2,3)8(7)10(4,5)6/h1-6H3. The monoisotopic (exact) mass is 212 g/mol. The smallest absolute Gasteiger partial charge is 0.0858 e. The summed E-state index contributed by atoms with van der Waals surface area (Å²) in [6.45, 7) is 14.3. The van der Waals surface area contributed by atoms with E-state index in [4.69, 9.17) is 11.2 Å².